The third kappa shape index (κ3) is 6.12. The molecule has 3 rings (SSSR count). The molecular weight excluding hydrogens is 475 g/mol. The fourth-order valence-electron chi connectivity index (χ4n) is 2.76. The van der Waals surface area contributed by atoms with Crippen molar-refractivity contribution in [1.82, 2.24) is 10.2 Å². The summed E-state index contributed by atoms with van der Waals surface area (Å²) in [6, 6.07) is 11.4. The Bertz CT molecular complexity index is 1120. The van der Waals surface area contributed by atoms with Crippen LogP contribution in [0.25, 0.3) is 6.08 Å². The second-order valence-electron chi connectivity index (χ2n) is 6.73. The Morgan fingerprint density at radius 3 is 2.62 bits per heavy atom. The van der Waals surface area contributed by atoms with Gasteiger partial charge in [0.25, 0.3) is 17.1 Å². The molecule has 1 fully saturated rings. The van der Waals surface area contributed by atoms with Crippen LogP contribution in [0.1, 0.15) is 22.8 Å². The predicted octanol–water partition coefficient (Wildman–Crippen LogP) is 4.43. The van der Waals surface area contributed by atoms with Gasteiger partial charge in [0.05, 0.1) is 15.0 Å². The van der Waals surface area contributed by atoms with Crippen molar-refractivity contribution < 1.29 is 23.9 Å². The second-order valence-corrected chi connectivity index (χ2v) is 8.54. The standard InChI is InChI=1S/C22H18Cl2N2O5S/c1-13(27)15-3-2-4-16(11-15)31-12-20(28)25-7-8-26-21(29)19(32-22(26)30)10-14-5-6-17(23)18(24)9-14/h2-6,9-11H,7-8,12H2,1H3,(H,25,28)/b19-10+. The first kappa shape index (κ1) is 23.8. The summed E-state index contributed by atoms with van der Waals surface area (Å²) in [6.07, 6.45) is 1.56. The SMILES string of the molecule is CC(=O)c1cccc(OCC(=O)NCCN2C(=O)S/C(=C/c3ccc(Cl)c(Cl)c3)C2=O)c1. The minimum atomic E-state index is -0.447. The van der Waals surface area contributed by atoms with E-state index >= 15 is 0 Å². The molecular formula is C22H18Cl2N2O5S. The fraction of sp³-hybridized carbons (Fsp3) is 0.182. The van der Waals surface area contributed by atoms with Gasteiger partial charge in [-0.3, -0.25) is 24.1 Å². The number of amides is 3. The van der Waals surface area contributed by atoms with Crippen LogP contribution >= 0.6 is 35.0 Å². The summed E-state index contributed by atoms with van der Waals surface area (Å²) >= 11 is 12.7. The summed E-state index contributed by atoms with van der Waals surface area (Å²) in [5, 5.41) is 2.91. The van der Waals surface area contributed by atoms with E-state index in [1.54, 1.807) is 48.5 Å². The van der Waals surface area contributed by atoms with Gasteiger partial charge in [-0.25, -0.2) is 0 Å². The summed E-state index contributed by atoms with van der Waals surface area (Å²) in [4.78, 5) is 49.5. The zero-order valence-corrected chi connectivity index (χ0v) is 19.2. The van der Waals surface area contributed by atoms with Crippen molar-refractivity contribution in [1.29, 1.82) is 0 Å². The number of carbonyl (C=O) groups excluding carboxylic acids is 4. The maximum absolute atomic E-state index is 12.5. The molecule has 32 heavy (non-hydrogen) atoms. The van der Waals surface area contributed by atoms with E-state index < -0.39 is 17.1 Å². The number of ether oxygens (including phenoxy) is 1. The van der Waals surface area contributed by atoms with E-state index in [0.29, 0.717) is 26.9 Å². The lowest BCUT2D eigenvalue weighted by Crippen LogP contribution is -2.38. The average molecular weight is 493 g/mol. The normalized spacial score (nSPS) is 14.7. The van der Waals surface area contributed by atoms with E-state index in [1.807, 2.05) is 0 Å². The van der Waals surface area contributed by atoms with E-state index in [1.165, 1.54) is 6.92 Å². The van der Waals surface area contributed by atoms with Crippen LogP contribution in [0.4, 0.5) is 4.79 Å². The molecule has 2 aromatic carbocycles. The van der Waals surface area contributed by atoms with Gasteiger partial charge in [0.15, 0.2) is 12.4 Å². The number of hydrogen-bond acceptors (Lipinski definition) is 6. The van der Waals surface area contributed by atoms with E-state index in [2.05, 4.69) is 5.32 Å². The smallest absolute Gasteiger partial charge is 0.293 e. The molecule has 0 unspecified atom stereocenters. The zero-order valence-electron chi connectivity index (χ0n) is 16.9. The molecule has 10 heteroatoms. The molecule has 0 saturated carbocycles. The highest BCUT2D eigenvalue weighted by atomic mass is 35.5. The second kappa shape index (κ2) is 10.7. The molecule has 0 aliphatic carbocycles. The number of thioether (sulfide) groups is 1. The van der Waals surface area contributed by atoms with Crippen molar-refractivity contribution in [3.8, 4) is 5.75 Å². The maximum atomic E-state index is 12.5. The van der Waals surface area contributed by atoms with E-state index in [4.69, 9.17) is 27.9 Å². The fourth-order valence-corrected chi connectivity index (χ4v) is 3.93. The molecule has 1 aliphatic heterocycles. The van der Waals surface area contributed by atoms with Gasteiger partial charge < -0.3 is 10.1 Å². The molecule has 7 nitrogen and oxygen atoms in total. The first-order valence-corrected chi connectivity index (χ1v) is 11.0. The first-order valence-electron chi connectivity index (χ1n) is 9.45. The molecule has 1 heterocycles. The molecule has 166 valence electrons. The molecule has 1 saturated heterocycles. The third-order valence-corrected chi connectivity index (χ3v) is 6.03. The van der Waals surface area contributed by atoms with Crippen LogP contribution in [0.3, 0.4) is 0 Å². The van der Waals surface area contributed by atoms with E-state index in [-0.39, 0.29) is 30.4 Å². The van der Waals surface area contributed by atoms with Gasteiger partial charge >= 0.3 is 0 Å². The lowest BCUT2D eigenvalue weighted by molar-refractivity contribution is -0.125. The quantitative estimate of drug-likeness (QED) is 0.432. The Morgan fingerprint density at radius 2 is 1.91 bits per heavy atom. The van der Waals surface area contributed by atoms with Crippen molar-refractivity contribution in [3.05, 3.63) is 68.5 Å². The number of Topliss-reactive ketones (excluding diaryl/α,β-unsaturated/α-hetero) is 1. The van der Waals surface area contributed by atoms with Gasteiger partial charge in [0.1, 0.15) is 5.75 Å². The van der Waals surface area contributed by atoms with Gasteiger partial charge in [-0.1, -0.05) is 41.4 Å². The van der Waals surface area contributed by atoms with Crippen molar-refractivity contribution in [2.45, 2.75) is 6.92 Å². The number of nitrogens with zero attached hydrogens (tertiary/aromatic N) is 1. The van der Waals surface area contributed by atoms with Crippen molar-refractivity contribution in [2.24, 2.45) is 0 Å². The topological polar surface area (TPSA) is 92.8 Å². The van der Waals surface area contributed by atoms with Crippen LogP contribution < -0.4 is 10.1 Å². The van der Waals surface area contributed by atoms with Gasteiger partial charge in [-0.15, -0.1) is 0 Å². The van der Waals surface area contributed by atoms with Crippen molar-refractivity contribution >= 4 is 63.9 Å². The monoisotopic (exact) mass is 492 g/mol. The lowest BCUT2D eigenvalue weighted by Gasteiger charge is -2.13. The van der Waals surface area contributed by atoms with Crippen LogP contribution in [0.2, 0.25) is 10.0 Å². The number of ketones is 1. The van der Waals surface area contributed by atoms with Crippen molar-refractivity contribution in [3.63, 3.8) is 0 Å². The lowest BCUT2D eigenvalue weighted by atomic mass is 10.1. The van der Waals surface area contributed by atoms with Crippen LogP contribution in [0, 0.1) is 0 Å². The number of carbonyl (C=O) groups is 4. The Hall–Kier alpha value is -2.81. The summed E-state index contributed by atoms with van der Waals surface area (Å²) in [5.41, 5.74) is 1.13. The molecule has 1 aliphatic rings. The molecule has 3 amide bonds. The summed E-state index contributed by atoms with van der Waals surface area (Å²) in [5.74, 6) is -0.578. The highest BCUT2D eigenvalue weighted by Crippen LogP contribution is 2.33. The van der Waals surface area contributed by atoms with Crippen LogP contribution in [-0.4, -0.2) is 47.4 Å². The highest BCUT2D eigenvalue weighted by Gasteiger charge is 2.34. The predicted molar refractivity (Wildman–Crippen MR) is 124 cm³/mol. The van der Waals surface area contributed by atoms with Gasteiger partial charge in [-0.05, 0) is 54.6 Å². The Balaban J connectivity index is 1.49. The van der Waals surface area contributed by atoms with Gasteiger partial charge in [0.2, 0.25) is 0 Å². The first-order chi connectivity index (χ1) is 15.2. The minimum absolute atomic E-state index is 0.0228. The highest BCUT2D eigenvalue weighted by molar-refractivity contribution is 8.18. The van der Waals surface area contributed by atoms with E-state index in [0.717, 1.165) is 16.7 Å². The largest absolute Gasteiger partial charge is 0.484 e. The summed E-state index contributed by atoms with van der Waals surface area (Å²) < 4.78 is 5.38. The third-order valence-electron chi connectivity index (χ3n) is 4.38. The number of imide groups is 1. The number of rotatable bonds is 8. The molecule has 1 N–H and O–H groups in total. The zero-order chi connectivity index (χ0) is 23.3. The number of benzene rings is 2. The van der Waals surface area contributed by atoms with Crippen LogP contribution in [0.15, 0.2) is 47.4 Å². The average Bonchev–Trinajstić information content (AvgIpc) is 3.02. The molecule has 0 radical (unpaired) electrons. The maximum Gasteiger partial charge on any atom is 0.293 e. The summed E-state index contributed by atoms with van der Waals surface area (Å²) in [7, 11) is 0. The number of nitrogens with one attached hydrogen (secondary N) is 1. The van der Waals surface area contributed by atoms with Crippen molar-refractivity contribution in [2.75, 3.05) is 19.7 Å². The molecule has 0 bridgehead atoms. The molecule has 2 aromatic rings. The van der Waals surface area contributed by atoms with Gasteiger partial charge in [-0.2, -0.15) is 0 Å². The molecule has 0 aromatic heterocycles. The van der Waals surface area contributed by atoms with Crippen LogP contribution in [-0.2, 0) is 9.59 Å². The minimum Gasteiger partial charge on any atom is -0.484 e. The Morgan fingerprint density at radius 1 is 1.12 bits per heavy atom. The number of hydrogen-bond donors (Lipinski definition) is 1. The van der Waals surface area contributed by atoms with Crippen LogP contribution in [0.5, 0.6) is 5.75 Å². The van der Waals surface area contributed by atoms with Gasteiger partial charge in [0, 0.05) is 18.7 Å². The Labute approximate surface area is 198 Å². The number of halogens is 2. The molecule has 0 spiro atoms. The van der Waals surface area contributed by atoms with E-state index in [9.17, 15) is 19.2 Å². The Kier molecular flexibility index (Phi) is 7.95. The molecule has 0 atom stereocenters. The summed E-state index contributed by atoms with van der Waals surface area (Å²) in [6.45, 7) is 1.28.